The van der Waals surface area contributed by atoms with E-state index in [0.717, 1.165) is 0 Å². The third kappa shape index (κ3) is 2.01. The van der Waals surface area contributed by atoms with Crippen molar-refractivity contribution in [2.45, 2.75) is 6.54 Å². The highest BCUT2D eigenvalue weighted by Crippen LogP contribution is 1.94. The fourth-order valence-corrected chi connectivity index (χ4v) is 0.735. The Kier molecular flexibility index (Phi) is 2.71. The first-order valence-corrected chi connectivity index (χ1v) is 3.30. The first-order valence-electron chi connectivity index (χ1n) is 3.30. The lowest BCUT2D eigenvalue weighted by Gasteiger charge is -1.93. The Labute approximate surface area is 68.7 Å². The summed E-state index contributed by atoms with van der Waals surface area (Å²) in [6, 6.07) is 1.95. The molecule has 1 aromatic heterocycles. The number of azide groups is 1. The van der Waals surface area contributed by atoms with Crippen molar-refractivity contribution in [3.8, 4) is 6.07 Å². The predicted molar refractivity (Wildman–Crippen MR) is 41.0 cm³/mol. The van der Waals surface area contributed by atoms with Crippen LogP contribution in [0.1, 0.15) is 5.56 Å². The number of aromatic nitrogens is 2. The van der Waals surface area contributed by atoms with Crippen molar-refractivity contribution in [2.75, 3.05) is 6.54 Å². The second-order valence-corrected chi connectivity index (χ2v) is 2.06. The SMILES string of the molecule is N#Cc1cnn(CCN=[N+]=[N-])c1. The molecule has 0 amide bonds. The van der Waals surface area contributed by atoms with E-state index in [9.17, 15) is 0 Å². The molecule has 0 N–H and O–H groups in total. The summed E-state index contributed by atoms with van der Waals surface area (Å²) in [6.45, 7) is 0.856. The molecule has 0 saturated heterocycles. The van der Waals surface area contributed by atoms with Gasteiger partial charge in [0, 0.05) is 24.2 Å². The molecular weight excluding hydrogens is 156 g/mol. The lowest BCUT2D eigenvalue weighted by atomic mass is 10.4. The molecule has 1 heterocycles. The van der Waals surface area contributed by atoms with Crippen LogP contribution in [-0.4, -0.2) is 16.3 Å². The molecule has 0 aliphatic carbocycles. The van der Waals surface area contributed by atoms with Crippen LogP contribution in [0.15, 0.2) is 17.5 Å². The summed E-state index contributed by atoms with van der Waals surface area (Å²) in [4.78, 5) is 2.60. The Morgan fingerprint density at radius 3 is 3.25 bits per heavy atom. The number of hydrogen-bond acceptors (Lipinski definition) is 3. The van der Waals surface area contributed by atoms with E-state index < -0.39 is 0 Å². The lowest BCUT2D eigenvalue weighted by molar-refractivity contribution is 0.623. The van der Waals surface area contributed by atoms with Gasteiger partial charge in [0.25, 0.3) is 0 Å². The van der Waals surface area contributed by atoms with Crippen molar-refractivity contribution in [3.05, 3.63) is 28.4 Å². The maximum Gasteiger partial charge on any atom is 0.102 e. The average molecular weight is 162 g/mol. The van der Waals surface area contributed by atoms with Crippen molar-refractivity contribution in [1.29, 1.82) is 5.26 Å². The Balaban J connectivity index is 2.53. The van der Waals surface area contributed by atoms with E-state index in [2.05, 4.69) is 15.1 Å². The van der Waals surface area contributed by atoms with E-state index in [-0.39, 0.29) is 0 Å². The highest BCUT2D eigenvalue weighted by molar-refractivity contribution is 5.21. The van der Waals surface area contributed by atoms with Crippen LogP contribution in [0.4, 0.5) is 0 Å². The van der Waals surface area contributed by atoms with Crippen LogP contribution in [0, 0.1) is 11.3 Å². The number of nitrogens with zero attached hydrogens (tertiary/aromatic N) is 6. The monoisotopic (exact) mass is 162 g/mol. The number of rotatable bonds is 3. The average Bonchev–Trinajstić information content (AvgIpc) is 2.53. The van der Waals surface area contributed by atoms with Crippen molar-refractivity contribution < 1.29 is 0 Å². The molecule has 0 saturated carbocycles. The number of nitriles is 1. The largest absolute Gasteiger partial charge is 0.271 e. The van der Waals surface area contributed by atoms with Crippen LogP contribution in [0.5, 0.6) is 0 Å². The number of hydrogen-bond donors (Lipinski definition) is 0. The Bertz CT molecular complexity index is 339. The van der Waals surface area contributed by atoms with Gasteiger partial charge in [0.05, 0.1) is 11.8 Å². The standard InChI is InChI=1S/C6H6N6/c7-3-6-4-10-12(5-6)2-1-9-11-8/h4-5H,1-2H2. The fraction of sp³-hybridized carbons (Fsp3) is 0.333. The molecule has 0 aliphatic rings. The van der Waals surface area contributed by atoms with E-state index in [1.807, 2.05) is 6.07 Å². The van der Waals surface area contributed by atoms with Gasteiger partial charge in [0.15, 0.2) is 0 Å². The van der Waals surface area contributed by atoms with E-state index in [0.29, 0.717) is 18.7 Å². The van der Waals surface area contributed by atoms with Gasteiger partial charge in [-0.25, -0.2) is 0 Å². The highest BCUT2D eigenvalue weighted by Gasteiger charge is 1.94. The predicted octanol–water partition coefficient (Wildman–Crippen LogP) is 1.07. The molecule has 6 heteroatoms. The third-order valence-corrected chi connectivity index (χ3v) is 1.25. The molecule has 12 heavy (non-hydrogen) atoms. The van der Waals surface area contributed by atoms with Gasteiger partial charge >= 0.3 is 0 Å². The first kappa shape index (κ1) is 8.11. The highest BCUT2D eigenvalue weighted by atomic mass is 15.3. The van der Waals surface area contributed by atoms with Crippen LogP contribution in [0.25, 0.3) is 10.4 Å². The van der Waals surface area contributed by atoms with Gasteiger partial charge in [-0.15, -0.1) is 0 Å². The van der Waals surface area contributed by atoms with Crippen molar-refractivity contribution in [2.24, 2.45) is 5.11 Å². The van der Waals surface area contributed by atoms with Gasteiger partial charge in [-0.05, 0) is 5.53 Å². The molecular formula is C6H6N6. The zero-order chi connectivity index (χ0) is 8.81. The zero-order valence-electron chi connectivity index (χ0n) is 6.25. The minimum atomic E-state index is 0.350. The molecule has 6 nitrogen and oxygen atoms in total. The Hall–Kier alpha value is -1.99. The second-order valence-electron chi connectivity index (χ2n) is 2.06. The van der Waals surface area contributed by atoms with E-state index in [4.69, 9.17) is 10.8 Å². The Morgan fingerprint density at radius 2 is 2.67 bits per heavy atom. The third-order valence-electron chi connectivity index (χ3n) is 1.25. The first-order chi connectivity index (χ1) is 5.86. The van der Waals surface area contributed by atoms with Crippen LogP contribution in [0.3, 0.4) is 0 Å². The summed E-state index contributed by atoms with van der Waals surface area (Å²) in [6.07, 6.45) is 3.07. The van der Waals surface area contributed by atoms with Crippen molar-refractivity contribution in [3.63, 3.8) is 0 Å². The molecule has 0 atom stereocenters. The summed E-state index contributed by atoms with van der Waals surface area (Å²) < 4.78 is 1.56. The summed E-state index contributed by atoms with van der Waals surface area (Å²) in [5.74, 6) is 0. The van der Waals surface area contributed by atoms with Crippen LogP contribution in [0.2, 0.25) is 0 Å². The molecule has 60 valence electrons. The topological polar surface area (TPSA) is 90.4 Å². The van der Waals surface area contributed by atoms with Gasteiger partial charge in [-0.1, -0.05) is 5.11 Å². The normalized spacial score (nSPS) is 8.58. The lowest BCUT2D eigenvalue weighted by Crippen LogP contribution is -2.00. The smallest absolute Gasteiger partial charge is 0.102 e. The zero-order valence-corrected chi connectivity index (χ0v) is 6.25. The molecule has 1 rings (SSSR count). The maximum absolute atomic E-state index is 8.44. The summed E-state index contributed by atoms with van der Waals surface area (Å²) >= 11 is 0. The molecule has 0 fully saturated rings. The quantitative estimate of drug-likeness (QED) is 0.377. The summed E-state index contributed by atoms with van der Waals surface area (Å²) in [7, 11) is 0. The van der Waals surface area contributed by atoms with Crippen LogP contribution in [-0.2, 0) is 6.54 Å². The van der Waals surface area contributed by atoms with Gasteiger partial charge < -0.3 is 0 Å². The summed E-state index contributed by atoms with van der Waals surface area (Å²) in [5.41, 5.74) is 8.48. The fourth-order valence-electron chi connectivity index (χ4n) is 0.735. The van der Waals surface area contributed by atoms with E-state index >= 15 is 0 Å². The van der Waals surface area contributed by atoms with Gasteiger partial charge in [0.1, 0.15) is 6.07 Å². The van der Waals surface area contributed by atoms with Crippen molar-refractivity contribution >= 4 is 0 Å². The van der Waals surface area contributed by atoms with Crippen molar-refractivity contribution in [1.82, 2.24) is 9.78 Å². The molecule has 0 unspecified atom stereocenters. The van der Waals surface area contributed by atoms with E-state index in [1.54, 1.807) is 10.9 Å². The van der Waals surface area contributed by atoms with Crippen LogP contribution >= 0.6 is 0 Å². The Morgan fingerprint density at radius 1 is 1.83 bits per heavy atom. The molecule has 1 aromatic rings. The maximum atomic E-state index is 8.44. The van der Waals surface area contributed by atoms with E-state index in [1.165, 1.54) is 6.20 Å². The van der Waals surface area contributed by atoms with Gasteiger partial charge in [-0.2, -0.15) is 10.4 Å². The minimum absolute atomic E-state index is 0.350. The molecule has 0 spiro atoms. The molecule has 0 aromatic carbocycles. The molecule has 0 radical (unpaired) electrons. The second kappa shape index (κ2) is 4.01. The minimum Gasteiger partial charge on any atom is -0.271 e. The molecule has 0 bridgehead atoms. The van der Waals surface area contributed by atoms with Gasteiger partial charge in [-0.3, -0.25) is 4.68 Å². The van der Waals surface area contributed by atoms with Gasteiger partial charge in [0.2, 0.25) is 0 Å². The molecule has 0 aliphatic heterocycles. The van der Waals surface area contributed by atoms with Crippen LogP contribution < -0.4 is 0 Å². The summed E-state index contributed by atoms with van der Waals surface area (Å²) in [5, 5.41) is 15.6.